The number of carbonyl (C=O) groups is 1. The van der Waals surface area contributed by atoms with E-state index in [4.69, 9.17) is 9.47 Å². The fraction of sp³-hybridized carbons (Fsp3) is 0.692. The third kappa shape index (κ3) is 4.29. The molecule has 0 aliphatic rings. The van der Waals surface area contributed by atoms with Crippen molar-refractivity contribution >= 4 is 5.97 Å². The molecule has 0 aliphatic carbocycles. The number of hydrogen-bond acceptors (Lipinski definition) is 5. The fourth-order valence-corrected chi connectivity index (χ4v) is 2.03. The molecule has 0 radical (unpaired) electrons. The molecule has 0 aromatic carbocycles. The summed E-state index contributed by atoms with van der Waals surface area (Å²) in [7, 11) is 5.04. The molecule has 0 saturated heterocycles. The Morgan fingerprint density at radius 1 is 1.50 bits per heavy atom. The van der Waals surface area contributed by atoms with Crippen LogP contribution in [0, 0.1) is 0 Å². The highest BCUT2D eigenvalue weighted by Crippen LogP contribution is 2.13. The van der Waals surface area contributed by atoms with Crippen molar-refractivity contribution < 1.29 is 19.4 Å². The lowest BCUT2D eigenvalue weighted by Crippen LogP contribution is -2.38. The molecule has 0 fully saturated rings. The van der Waals surface area contributed by atoms with Crippen LogP contribution in [0.3, 0.4) is 0 Å². The Hall–Kier alpha value is -1.44. The number of carboxylic acid groups (broad SMARTS) is 1. The predicted octanol–water partition coefficient (Wildman–Crippen LogP) is 0.602. The number of rotatable bonds is 9. The number of nitrogens with zero attached hydrogens (tertiary/aromatic N) is 3. The van der Waals surface area contributed by atoms with Crippen LogP contribution in [0.1, 0.15) is 23.0 Å². The van der Waals surface area contributed by atoms with E-state index in [1.165, 1.54) is 6.20 Å². The van der Waals surface area contributed by atoms with Crippen LogP contribution in [0.2, 0.25) is 0 Å². The maximum absolute atomic E-state index is 11.2. The predicted molar refractivity (Wildman–Crippen MR) is 73.8 cm³/mol. The van der Waals surface area contributed by atoms with Gasteiger partial charge in [0.1, 0.15) is 5.56 Å². The van der Waals surface area contributed by atoms with Gasteiger partial charge in [-0.15, -0.1) is 0 Å². The van der Waals surface area contributed by atoms with E-state index < -0.39 is 5.97 Å². The van der Waals surface area contributed by atoms with Gasteiger partial charge in [0.2, 0.25) is 0 Å². The molecule has 7 heteroatoms. The Balaban J connectivity index is 2.88. The van der Waals surface area contributed by atoms with Gasteiger partial charge in [-0.1, -0.05) is 0 Å². The number of aromatic carboxylic acids is 1. The highest BCUT2D eigenvalue weighted by molar-refractivity contribution is 5.88. The van der Waals surface area contributed by atoms with Gasteiger partial charge in [0.15, 0.2) is 0 Å². The second-order valence-electron chi connectivity index (χ2n) is 4.70. The number of methoxy groups -OCH3 is 2. The summed E-state index contributed by atoms with van der Waals surface area (Å²) >= 11 is 0. The van der Waals surface area contributed by atoms with Crippen molar-refractivity contribution in [1.29, 1.82) is 0 Å². The molecule has 0 bridgehead atoms. The monoisotopic (exact) mass is 285 g/mol. The van der Waals surface area contributed by atoms with E-state index in [9.17, 15) is 9.90 Å². The highest BCUT2D eigenvalue weighted by Gasteiger charge is 2.21. The summed E-state index contributed by atoms with van der Waals surface area (Å²) in [5.41, 5.74) is 0.913. The fourth-order valence-electron chi connectivity index (χ4n) is 2.03. The van der Waals surface area contributed by atoms with Crippen molar-refractivity contribution in [3.05, 3.63) is 17.5 Å². The lowest BCUT2D eigenvalue weighted by Gasteiger charge is -2.28. The van der Waals surface area contributed by atoms with E-state index in [0.29, 0.717) is 32.0 Å². The number of aryl methyl sites for hydroxylation is 1. The molecule has 20 heavy (non-hydrogen) atoms. The van der Waals surface area contributed by atoms with E-state index in [1.807, 2.05) is 6.92 Å². The van der Waals surface area contributed by atoms with E-state index in [1.54, 1.807) is 25.9 Å². The van der Waals surface area contributed by atoms with Crippen molar-refractivity contribution in [1.82, 2.24) is 14.7 Å². The van der Waals surface area contributed by atoms with Gasteiger partial charge in [-0.2, -0.15) is 5.10 Å². The molecule has 1 rings (SSSR count). The summed E-state index contributed by atoms with van der Waals surface area (Å²) in [5.74, 6) is -0.959. The summed E-state index contributed by atoms with van der Waals surface area (Å²) in [6, 6.07) is 0.159. The SMILES string of the molecule is COCCN(Cc1c(C(=O)O)cnn1C)C(C)COC. The molecule has 1 aromatic heterocycles. The van der Waals surface area contributed by atoms with Crippen molar-refractivity contribution in [2.24, 2.45) is 7.05 Å². The molecule has 0 saturated carbocycles. The van der Waals surface area contributed by atoms with Crippen LogP contribution in [0.15, 0.2) is 6.20 Å². The normalized spacial score (nSPS) is 12.8. The van der Waals surface area contributed by atoms with Crippen LogP contribution in [-0.4, -0.2) is 65.8 Å². The first-order valence-electron chi connectivity index (χ1n) is 6.47. The maximum Gasteiger partial charge on any atom is 0.339 e. The van der Waals surface area contributed by atoms with Gasteiger partial charge >= 0.3 is 5.97 Å². The van der Waals surface area contributed by atoms with E-state index in [2.05, 4.69) is 10.00 Å². The molecule has 1 atom stereocenters. The average molecular weight is 285 g/mol. The third-order valence-corrected chi connectivity index (χ3v) is 3.26. The standard InChI is InChI=1S/C13H23N3O4/c1-10(9-20-4)16(5-6-19-3)8-12-11(13(17)18)7-14-15(12)2/h7,10H,5-6,8-9H2,1-4H3,(H,17,18). The van der Waals surface area contributed by atoms with Gasteiger partial charge in [0.25, 0.3) is 0 Å². The lowest BCUT2D eigenvalue weighted by atomic mass is 10.2. The smallest absolute Gasteiger partial charge is 0.339 e. The zero-order valence-corrected chi connectivity index (χ0v) is 12.5. The molecule has 1 aromatic rings. The molecule has 1 unspecified atom stereocenters. The average Bonchev–Trinajstić information content (AvgIpc) is 2.76. The minimum Gasteiger partial charge on any atom is -0.478 e. The highest BCUT2D eigenvalue weighted by atomic mass is 16.5. The van der Waals surface area contributed by atoms with Gasteiger partial charge in [-0.05, 0) is 6.92 Å². The summed E-state index contributed by atoms with van der Waals surface area (Å²) in [5, 5.41) is 13.2. The van der Waals surface area contributed by atoms with E-state index in [0.717, 1.165) is 0 Å². The van der Waals surface area contributed by atoms with Crippen LogP contribution in [0.5, 0.6) is 0 Å². The quantitative estimate of drug-likeness (QED) is 0.716. The van der Waals surface area contributed by atoms with E-state index >= 15 is 0 Å². The number of ether oxygens (including phenoxy) is 2. The Labute approximate surface area is 119 Å². The summed E-state index contributed by atoms with van der Waals surface area (Å²) in [4.78, 5) is 13.3. The Kier molecular flexibility index (Phi) is 6.63. The number of carboxylic acids is 1. The van der Waals surface area contributed by atoms with Crippen LogP contribution >= 0.6 is 0 Å². The van der Waals surface area contributed by atoms with Crippen LogP contribution in [-0.2, 0) is 23.1 Å². The lowest BCUT2D eigenvalue weighted by molar-refractivity contribution is 0.0655. The minimum atomic E-state index is -0.959. The van der Waals surface area contributed by atoms with Crippen LogP contribution in [0.25, 0.3) is 0 Å². The molecule has 114 valence electrons. The first kappa shape index (κ1) is 16.6. The zero-order valence-electron chi connectivity index (χ0n) is 12.5. The van der Waals surface area contributed by atoms with E-state index in [-0.39, 0.29) is 11.6 Å². The largest absolute Gasteiger partial charge is 0.478 e. The van der Waals surface area contributed by atoms with Crippen molar-refractivity contribution in [3.63, 3.8) is 0 Å². The topological polar surface area (TPSA) is 76.8 Å². The maximum atomic E-state index is 11.2. The van der Waals surface area contributed by atoms with Gasteiger partial charge in [0.05, 0.1) is 25.1 Å². The molecule has 7 nitrogen and oxygen atoms in total. The van der Waals surface area contributed by atoms with Gasteiger partial charge in [0, 0.05) is 40.4 Å². The molecule has 0 aliphatic heterocycles. The molecule has 0 spiro atoms. The Morgan fingerprint density at radius 3 is 2.75 bits per heavy atom. The summed E-state index contributed by atoms with van der Waals surface area (Å²) in [6.07, 6.45) is 1.38. The second-order valence-corrected chi connectivity index (χ2v) is 4.70. The second kappa shape index (κ2) is 7.98. The molecular formula is C13H23N3O4. The number of aromatic nitrogens is 2. The van der Waals surface area contributed by atoms with Crippen LogP contribution in [0.4, 0.5) is 0 Å². The molecule has 1 N–H and O–H groups in total. The summed E-state index contributed by atoms with van der Waals surface area (Å²) in [6.45, 7) is 4.38. The minimum absolute atomic E-state index is 0.159. The molecule has 0 amide bonds. The zero-order chi connectivity index (χ0) is 15.1. The molecule has 1 heterocycles. The Morgan fingerprint density at radius 2 is 2.20 bits per heavy atom. The Bertz CT molecular complexity index is 433. The van der Waals surface area contributed by atoms with Crippen molar-refractivity contribution in [3.8, 4) is 0 Å². The molecular weight excluding hydrogens is 262 g/mol. The first-order chi connectivity index (χ1) is 9.51. The van der Waals surface area contributed by atoms with Crippen LogP contribution < -0.4 is 0 Å². The first-order valence-corrected chi connectivity index (χ1v) is 6.47. The number of hydrogen-bond donors (Lipinski definition) is 1. The van der Waals surface area contributed by atoms with Gasteiger partial charge in [-0.3, -0.25) is 9.58 Å². The van der Waals surface area contributed by atoms with Gasteiger partial charge in [-0.25, -0.2) is 4.79 Å². The summed E-state index contributed by atoms with van der Waals surface area (Å²) < 4.78 is 11.9. The third-order valence-electron chi connectivity index (χ3n) is 3.26. The van der Waals surface area contributed by atoms with Crippen molar-refractivity contribution in [2.45, 2.75) is 19.5 Å². The van der Waals surface area contributed by atoms with Gasteiger partial charge < -0.3 is 14.6 Å². The van der Waals surface area contributed by atoms with Crippen molar-refractivity contribution in [2.75, 3.05) is 34.0 Å².